The van der Waals surface area contributed by atoms with Crippen molar-refractivity contribution in [3.05, 3.63) is 36.7 Å². The van der Waals surface area contributed by atoms with Crippen molar-refractivity contribution >= 4 is 5.97 Å². The molecular formula is C25H34N2O4. The van der Waals surface area contributed by atoms with Crippen LogP contribution in [0.4, 0.5) is 0 Å². The molecule has 1 saturated heterocycles. The van der Waals surface area contributed by atoms with Crippen LogP contribution in [0, 0.1) is 0 Å². The first-order valence-corrected chi connectivity index (χ1v) is 11.6. The molecule has 31 heavy (non-hydrogen) atoms. The SMILES string of the molecule is CCCCCCCCCOc1ncc(-c2ccc(OC(=O)[C@@H]3O[C@@H]3CCC)cc2)cn1. The highest BCUT2D eigenvalue weighted by atomic mass is 16.6. The zero-order chi connectivity index (χ0) is 21.9. The van der Waals surface area contributed by atoms with Crippen molar-refractivity contribution in [2.45, 2.75) is 83.8 Å². The number of epoxide rings is 1. The number of ether oxygens (including phenoxy) is 3. The van der Waals surface area contributed by atoms with Gasteiger partial charge in [0.15, 0.2) is 6.10 Å². The number of benzene rings is 1. The Morgan fingerprint density at radius 1 is 0.903 bits per heavy atom. The molecule has 3 rings (SSSR count). The Kier molecular flexibility index (Phi) is 9.28. The summed E-state index contributed by atoms with van der Waals surface area (Å²) in [6.07, 6.45) is 13.7. The smallest absolute Gasteiger partial charge is 0.343 e. The fourth-order valence-corrected chi connectivity index (χ4v) is 3.51. The minimum atomic E-state index is -0.415. The lowest BCUT2D eigenvalue weighted by molar-refractivity contribution is -0.135. The predicted octanol–water partition coefficient (Wildman–Crippen LogP) is 5.75. The number of hydrogen-bond donors (Lipinski definition) is 0. The van der Waals surface area contributed by atoms with Crippen LogP contribution in [0.2, 0.25) is 0 Å². The van der Waals surface area contributed by atoms with Crippen molar-refractivity contribution in [2.24, 2.45) is 0 Å². The highest BCUT2D eigenvalue weighted by Crippen LogP contribution is 2.29. The molecule has 0 spiro atoms. The number of hydrogen-bond acceptors (Lipinski definition) is 6. The van der Waals surface area contributed by atoms with Crippen LogP contribution >= 0.6 is 0 Å². The van der Waals surface area contributed by atoms with Gasteiger partial charge in [-0.3, -0.25) is 0 Å². The van der Waals surface area contributed by atoms with Gasteiger partial charge < -0.3 is 14.2 Å². The molecule has 168 valence electrons. The molecule has 0 aliphatic carbocycles. The molecular weight excluding hydrogens is 392 g/mol. The predicted molar refractivity (Wildman–Crippen MR) is 120 cm³/mol. The molecule has 0 amide bonds. The third kappa shape index (κ3) is 7.62. The van der Waals surface area contributed by atoms with Gasteiger partial charge in [0.05, 0.1) is 12.7 Å². The average molecular weight is 427 g/mol. The Labute approximate surface area is 185 Å². The van der Waals surface area contributed by atoms with E-state index in [-0.39, 0.29) is 12.1 Å². The molecule has 6 heteroatoms. The summed E-state index contributed by atoms with van der Waals surface area (Å²) in [5, 5.41) is 0. The van der Waals surface area contributed by atoms with E-state index in [4.69, 9.17) is 14.2 Å². The second-order valence-corrected chi connectivity index (χ2v) is 8.05. The van der Waals surface area contributed by atoms with Crippen LogP contribution in [0.25, 0.3) is 11.1 Å². The largest absolute Gasteiger partial charge is 0.463 e. The number of esters is 1. The van der Waals surface area contributed by atoms with E-state index in [0.717, 1.165) is 30.4 Å². The first-order chi connectivity index (χ1) is 15.2. The van der Waals surface area contributed by atoms with Crippen molar-refractivity contribution < 1.29 is 19.0 Å². The molecule has 0 N–H and O–H groups in total. The van der Waals surface area contributed by atoms with Crippen LogP contribution in [0.15, 0.2) is 36.7 Å². The molecule has 2 atom stereocenters. The maximum absolute atomic E-state index is 12.1. The Balaban J connectivity index is 1.39. The van der Waals surface area contributed by atoms with Gasteiger partial charge in [0.1, 0.15) is 5.75 Å². The number of nitrogens with zero attached hydrogens (tertiary/aromatic N) is 2. The van der Waals surface area contributed by atoms with Gasteiger partial charge in [-0.1, -0.05) is 70.9 Å². The lowest BCUT2D eigenvalue weighted by Crippen LogP contribution is -2.17. The Morgan fingerprint density at radius 2 is 1.58 bits per heavy atom. The number of unbranched alkanes of at least 4 members (excludes halogenated alkanes) is 6. The van der Waals surface area contributed by atoms with Crippen LogP contribution in [0.3, 0.4) is 0 Å². The molecule has 1 aliphatic rings. The van der Waals surface area contributed by atoms with Crippen LogP contribution in [-0.2, 0) is 9.53 Å². The summed E-state index contributed by atoms with van der Waals surface area (Å²) in [5.74, 6) is 0.187. The summed E-state index contributed by atoms with van der Waals surface area (Å²) < 4.78 is 16.4. The maximum atomic E-state index is 12.1. The molecule has 2 heterocycles. The Hall–Kier alpha value is -2.47. The normalized spacial score (nSPS) is 17.4. The van der Waals surface area contributed by atoms with Crippen LogP contribution in [-0.4, -0.2) is 34.8 Å². The second kappa shape index (κ2) is 12.4. The van der Waals surface area contributed by atoms with Crippen molar-refractivity contribution in [3.63, 3.8) is 0 Å². The molecule has 1 aliphatic heterocycles. The van der Waals surface area contributed by atoms with Crippen molar-refractivity contribution in [3.8, 4) is 22.9 Å². The molecule has 0 bridgehead atoms. The quantitative estimate of drug-likeness (QED) is 0.166. The number of rotatable bonds is 14. The van der Waals surface area contributed by atoms with Crippen molar-refractivity contribution in [1.82, 2.24) is 9.97 Å². The molecule has 1 fully saturated rings. The Bertz CT molecular complexity index is 792. The van der Waals surface area contributed by atoms with E-state index in [9.17, 15) is 4.79 Å². The molecule has 0 unspecified atom stereocenters. The monoisotopic (exact) mass is 426 g/mol. The zero-order valence-electron chi connectivity index (χ0n) is 18.7. The number of aromatic nitrogens is 2. The van der Waals surface area contributed by atoms with E-state index in [1.165, 1.54) is 38.5 Å². The summed E-state index contributed by atoms with van der Waals surface area (Å²) >= 11 is 0. The standard InChI is InChI=1S/C25H34N2O4/c1-3-5-6-7-8-9-10-16-29-25-26-17-20(18-27-25)19-12-14-21(15-13-19)30-24(28)23-22(31-23)11-4-2/h12-15,17-18,22-23H,3-11,16H2,1-2H3/t22-,23-/m1/s1. The maximum Gasteiger partial charge on any atom is 0.343 e. The van der Waals surface area contributed by atoms with Gasteiger partial charge in [0, 0.05) is 18.0 Å². The summed E-state index contributed by atoms with van der Waals surface area (Å²) in [6, 6.07) is 7.73. The lowest BCUT2D eigenvalue weighted by Gasteiger charge is -2.07. The minimum absolute atomic E-state index is 0.0143. The molecule has 2 aromatic rings. The lowest BCUT2D eigenvalue weighted by atomic mass is 10.1. The highest BCUT2D eigenvalue weighted by Gasteiger charge is 2.45. The zero-order valence-corrected chi connectivity index (χ0v) is 18.7. The molecule has 6 nitrogen and oxygen atoms in total. The summed E-state index contributed by atoms with van der Waals surface area (Å²) in [7, 11) is 0. The van der Waals surface area contributed by atoms with Gasteiger partial charge in [0.25, 0.3) is 0 Å². The van der Waals surface area contributed by atoms with Gasteiger partial charge in [-0.25, -0.2) is 14.8 Å². The summed E-state index contributed by atoms with van der Waals surface area (Å²) in [5.41, 5.74) is 1.83. The average Bonchev–Trinajstić information content (AvgIpc) is 3.56. The third-order valence-electron chi connectivity index (χ3n) is 5.40. The van der Waals surface area contributed by atoms with E-state index in [0.29, 0.717) is 18.4 Å². The van der Waals surface area contributed by atoms with Gasteiger partial charge in [0.2, 0.25) is 0 Å². The number of carbonyl (C=O) groups excluding carboxylic acids is 1. The fourth-order valence-electron chi connectivity index (χ4n) is 3.51. The molecule has 1 aromatic carbocycles. The first kappa shape index (κ1) is 23.2. The van der Waals surface area contributed by atoms with E-state index >= 15 is 0 Å². The van der Waals surface area contributed by atoms with Gasteiger partial charge in [-0.2, -0.15) is 0 Å². The Morgan fingerprint density at radius 3 is 2.26 bits per heavy atom. The van der Waals surface area contributed by atoms with Crippen molar-refractivity contribution in [2.75, 3.05) is 6.61 Å². The third-order valence-corrected chi connectivity index (χ3v) is 5.40. The number of carbonyl (C=O) groups is 1. The van der Waals surface area contributed by atoms with E-state index < -0.39 is 6.10 Å². The van der Waals surface area contributed by atoms with E-state index in [2.05, 4.69) is 23.8 Å². The first-order valence-electron chi connectivity index (χ1n) is 11.6. The summed E-state index contributed by atoms with van der Waals surface area (Å²) in [4.78, 5) is 20.7. The van der Waals surface area contributed by atoms with Gasteiger partial charge in [-0.15, -0.1) is 0 Å². The highest BCUT2D eigenvalue weighted by molar-refractivity contribution is 5.80. The van der Waals surface area contributed by atoms with E-state index in [1.807, 2.05) is 12.1 Å². The van der Waals surface area contributed by atoms with Crippen molar-refractivity contribution in [1.29, 1.82) is 0 Å². The second-order valence-electron chi connectivity index (χ2n) is 8.05. The fraction of sp³-hybridized carbons (Fsp3) is 0.560. The van der Waals surface area contributed by atoms with Crippen LogP contribution in [0.5, 0.6) is 11.8 Å². The topological polar surface area (TPSA) is 73.8 Å². The molecule has 1 aromatic heterocycles. The molecule has 0 saturated carbocycles. The van der Waals surface area contributed by atoms with Crippen LogP contribution in [0.1, 0.15) is 71.6 Å². The van der Waals surface area contributed by atoms with Crippen LogP contribution < -0.4 is 9.47 Å². The minimum Gasteiger partial charge on any atom is -0.463 e. The van der Waals surface area contributed by atoms with Gasteiger partial charge >= 0.3 is 12.0 Å². The van der Waals surface area contributed by atoms with E-state index in [1.54, 1.807) is 24.5 Å². The van der Waals surface area contributed by atoms with Gasteiger partial charge in [-0.05, 0) is 30.5 Å². The molecule has 0 radical (unpaired) electrons. The summed E-state index contributed by atoms with van der Waals surface area (Å²) in [6.45, 7) is 4.96.